The van der Waals surface area contributed by atoms with Gasteiger partial charge in [0.1, 0.15) is 72.5 Å². The Bertz CT molecular complexity index is 3740. The molecule has 4 fully saturated rings. The van der Waals surface area contributed by atoms with Gasteiger partial charge in [0.25, 0.3) is 0 Å². The van der Waals surface area contributed by atoms with Gasteiger partial charge in [0.05, 0.1) is 19.5 Å². The van der Waals surface area contributed by atoms with Gasteiger partial charge in [0.15, 0.2) is 11.9 Å². The van der Waals surface area contributed by atoms with Crippen LogP contribution in [0, 0.1) is 5.92 Å². The number of H-pyrrole nitrogens is 1. The van der Waals surface area contributed by atoms with E-state index in [1.807, 2.05) is 6.26 Å². The number of aromatic amines is 1. The molecule has 4 aliphatic heterocycles. The molecule has 37 nitrogen and oxygen atoms in total. The van der Waals surface area contributed by atoms with Gasteiger partial charge >= 0.3 is 5.97 Å². The summed E-state index contributed by atoms with van der Waals surface area (Å²) < 4.78 is 0. The van der Waals surface area contributed by atoms with Gasteiger partial charge in [0, 0.05) is 70.3 Å². The SMILES string of the molecule is CSCC[C@H](NC(=O)[C@@H]1CCCN1C(=O)CNC(=O)[C@H](Cc1ccccc1)NC(=O)[C@H](Cc1cnc[nH]1)NC(=O)[C@H](CO)NC(=O)[C@H](CC(C)C)NC(=O)[C@H](CCCN=C(N)N)NC(=O)[C@@H]1CCCN1C(=O)[C@H](CCCN=C(N)N)NC(=O)[C@@H]1CCC(=O)N1)C(=O)N1CCC[C@H]1C(=O)N[C@@H](Cc1ccccc1)C(=O)O. The van der Waals surface area contributed by atoms with E-state index in [1.54, 1.807) is 74.5 Å². The lowest BCUT2D eigenvalue weighted by molar-refractivity contribution is -0.145. The van der Waals surface area contributed by atoms with Crippen LogP contribution in [0.1, 0.15) is 121 Å². The summed E-state index contributed by atoms with van der Waals surface area (Å²) in [6.45, 7) is 2.34. The van der Waals surface area contributed by atoms with Crippen LogP contribution in [0.4, 0.5) is 0 Å². The number of aliphatic carboxylic acids is 1. The molecule has 0 radical (unpaired) electrons. The summed E-state index contributed by atoms with van der Waals surface area (Å²) in [4.78, 5) is 214. The van der Waals surface area contributed by atoms with Crippen LogP contribution in [0.2, 0.25) is 0 Å². The average molecular weight is 1550 g/mol. The molecule has 0 unspecified atom stereocenters. The molecule has 21 N–H and O–H groups in total. The Morgan fingerprint density at radius 1 is 0.555 bits per heavy atom. The van der Waals surface area contributed by atoms with E-state index in [0.29, 0.717) is 41.8 Å². The second-order valence-electron chi connectivity index (χ2n) is 28.0. The molecular formula is C72H105N21O16S. The molecule has 1 aromatic heterocycles. The van der Waals surface area contributed by atoms with Crippen molar-refractivity contribution in [2.24, 2.45) is 38.8 Å². The van der Waals surface area contributed by atoms with Crippen molar-refractivity contribution in [1.29, 1.82) is 0 Å². The monoisotopic (exact) mass is 1550 g/mol. The van der Waals surface area contributed by atoms with Crippen LogP contribution >= 0.6 is 11.8 Å². The van der Waals surface area contributed by atoms with Crippen LogP contribution < -0.4 is 76.1 Å². The van der Waals surface area contributed by atoms with Crippen LogP contribution in [-0.4, -0.2) is 260 Å². The quantitative estimate of drug-likeness (QED) is 0.0145. The predicted octanol–water partition coefficient (Wildman–Crippen LogP) is -4.33. The molecule has 7 rings (SSSR count). The Morgan fingerprint density at radius 3 is 1.51 bits per heavy atom. The molecule has 38 heteroatoms. The number of benzene rings is 2. The zero-order valence-electron chi connectivity index (χ0n) is 62.1. The van der Waals surface area contributed by atoms with E-state index in [0.717, 1.165) is 0 Å². The van der Waals surface area contributed by atoms with Gasteiger partial charge < -0.3 is 106 Å². The van der Waals surface area contributed by atoms with Crippen molar-refractivity contribution in [2.45, 2.75) is 196 Å². The second-order valence-corrected chi connectivity index (χ2v) is 29.0. The summed E-state index contributed by atoms with van der Waals surface area (Å²) >= 11 is 1.42. The molecule has 0 saturated carbocycles. The largest absolute Gasteiger partial charge is 0.480 e. The smallest absolute Gasteiger partial charge is 0.326 e. The maximum Gasteiger partial charge on any atom is 0.326 e. The third-order valence-electron chi connectivity index (χ3n) is 19.2. The number of aliphatic hydroxyl groups is 1. The van der Waals surface area contributed by atoms with E-state index in [4.69, 9.17) is 22.9 Å². The average Bonchev–Trinajstić information content (AvgIpc) is 1.78. The highest BCUT2D eigenvalue weighted by molar-refractivity contribution is 7.98. The molecule has 2 aromatic carbocycles. The molecule has 13 amide bonds. The van der Waals surface area contributed by atoms with Gasteiger partial charge in [-0.25, -0.2) is 9.78 Å². The Morgan fingerprint density at radius 2 is 1.01 bits per heavy atom. The maximum absolute atomic E-state index is 14.7. The second kappa shape index (κ2) is 43.3. The molecule has 600 valence electrons. The third kappa shape index (κ3) is 26.4. The van der Waals surface area contributed by atoms with Crippen LogP contribution in [-0.2, 0) is 86.4 Å². The lowest BCUT2D eigenvalue weighted by Gasteiger charge is -2.31. The van der Waals surface area contributed by atoms with Crippen molar-refractivity contribution >= 4 is 106 Å². The number of nitrogens with one attached hydrogen (secondary N) is 11. The summed E-state index contributed by atoms with van der Waals surface area (Å²) in [6, 6.07) is 2.07. The number of rotatable bonds is 42. The number of carboxylic acid groups (broad SMARTS) is 1. The number of guanidine groups is 2. The lowest BCUT2D eigenvalue weighted by atomic mass is 10.0. The minimum atomic E-state index is -1.78. The zero-order valence-corrected chi connectivity index (χ0v) is 62.9. The first kappa shape index (κ1) is 86.3. The fourth-order valence-corrected chi connectivity index (χ4v) is 14.0. The van der Waals surface area contributed by atoms with Crippen molar-refractivity contribution < 1.29 is 77.3 Å². The fourth-order valence-electron chi connectivity index (χ4n) is 13.6. The summed E-state index contributed by atoms with van der Waals surface area (Å²) in [5.41, 5.74) is 23.8. The van der Waals surface area contributed by atoms with E-state index in [2.05, 4.69) is 73.1 Å². The highest BCUT2D eigenvalue weighted by Gasteiger charge is 2.44. The zero-order chi connectivity index (χ0) is 80.0. The Kier molecular flexibility index (Phi) is 34.0. The van der Waals surface area contributed by atoms with Gasteiger partial charge in [-0.1, -0.05) is 74.5 Å². The van der Waals surface area contributed by atoms with E-state index in [9.17, 15) is 77.3 Å². The van der Waals surface area contributed by atoms with Gasteiger partial charge in [-0.05, 0) is 113 Å². The molecule has 3 aromatic rings. The summed E-state index contributed by atoms with van der Waals surface area (Å²) in [7, 11) is 0. The topological polar surface area (TPSA) is 567 Å². The predicted molar refractivity (Wildman–Crippen MR) is 403 cm³/mol. The molecule has 110 heavy (non-hydrogen) atoms. The minimum absolute atomic E-state index is 0.00878. The van der Waals surface area contributed by atoms with Gasteiger partial charge in [-0.2, -0.15) is 11.8 Å². The van der Waals surface area contributed by atoms with Crippen molar-refractivity contribution in [3.05, 3.63) is 90.0 Å². The fraction of sp³-hybridized carbons (Fsp3) is 0.569. The van der Waals surface area contributed by atoms with Crippen LogP contribution in [0.5, 0.6) is 0 Å². The van der Waals surface area contributed by atoms with Crippen molar-refractivity contribution in [1.82, 2.24) is 77.8 Å². The highest BCUT2D eigenvalue weighted by Crippen LogP contribution is 2.25. The number of aromatic nitrogens is 2. The maximum atomic E-state index is 14.7. The summed E-state index contributed by atoms with van der Waals surface area (Å²) in [5, 5.41) is 47.3. The molecule has 0 bridgehead atoms. The van der Waals surface area contributed by atoms with Crippen molar-refractivity contribution in [2.75, 3.05) is 57.9 Å². The van der Waals surface area contributed by atoms with Gasteiger partial charge in [-0.15, -0.1) is 0 Å². The first-order valence-electron chi connectivity index (χ1n) is 37.0. The number of carbonyl (C=O) groups is 14. The Labute approximate surface area is 641 Å². The number of amides is 13. The molecule has 0 spiro atoms. The van der Waals surface area contributed by atoms with E-state index in [1.165, 1.54) is 39.0 Å². The van der Waals surface area contributed by atoms with Gasteiger partial charge in [0.2, 0.25) is 76.8 Å². The molecular weight excluding hydrogens is 1450 g/mol. The van der Waals surface area contributed by atoms with Crippen LogP contribution in [0.15, 0.2) is 83.2 Å². The summed E-state index contributed by atoms with van der Waals surface area (Å²) in [6.07, 6.45) is 6.70. The number of thioether (sulfide) groups is 1. The highest BCUT2D eigenvalue weighted by atomic mass is 32.2. The number of aliphatic hydroxyl groups excluding tert-OH is 1. The summed E-state index contributed by atoms with van der Waals surface area (Å²) in [5.74, 6) is -11.0. The number of hydrogen-bond acceptors (Lipinski definition) is 19. The number of imidazole rings is 1. The number of carbonyl (C=O) groups excluding carboxylic acids is 13. The van der Waals surface area contributed by atoms with Gasteiger partial charge in [-0.3, -0.25) is 72.3 Å². The number of nitrogens with two attached hydrogens (primary N) is 4. The molecule has 4 aliphatic rings. The molecule has 0 aliphatic carbocycles. The first-order valence-corrected chi connectivity index (χ1v) is 38.4. The number of likely N-dealkylation sites (tertiary alicyclic amines) is 3. The lowest BCUT2D eigenvalue weighted by Crippen LogP contribution is -2.61. The third-order valence-corrected chi connectivity index (χ3v) is 19.9. The van der Waals surface area contributed by atoms with E-state index < -0.39 is 163 Å². The van der Waals surface area contributed by atoms with Crippen LogP contribution in [0.25, 0.3) is 0 Å². The number of hydrogen-bond donors (Lipinski definition) is 17. The Hall–Kier alpha value is -10.9. The number of nitrogens with zero attached hydrogens (tertiary/aromatic N) is 6. The molecule has 12 atom stereocenters. The van der Waals surface area contributed by atoms with Crippen molar-refractivity contribution in [3.63, 3.8) is 0 Å². The van der Waals surface area contributed by atoms with E-state index in [-0.39, 0.29) is 146 Å². The van der Waals surface area contributed by atoms with E-state index >= 15 is 0 Å². The first-order chi connectivity index (χ1) is 52.6. The molecule has 5 heterocycles. The Balaban J connectivity index is 1.01. The van der Waals surface area contributed by atoms with Crippen LogP contribution in [0.3, 0.4) is 0 Å². The minimum Gasteiger partial charge on any atom is -0.480 e. The standard InChI is InChI=1S/C72H105N21O16S/c1-41(2)33-49(86-60(98)45(19-10-27-78-71(73)74)83-66(104)55-22-13-30-92(55)68(106)47(20-11-28-79-72(75)76)84-61(99)46-24-25-57(95)82-46)62(100)90-53(39-94)64(102)88-51(36-44-37-77-40-81-44)63(101)87-50(34-42-15-6-4-7-16-42)59(97)80-38-58(96)91-29-12-21-54(91)65(103)85-48(26-32-110-3)69(107)93-31-14-23-56(93)67(105)89-52(70(108)109)35-43-17-8-5-9-18-43/h4-9,15-18,37,40-41,45-56,94H,10-14,19-36,38-39H2,1-3H3,(H,77,81)(H,80,97)(H,82,95)(H,83,104)(H,84,99)(H,85,103)(H,86,98)(H,87,101)(H,88,102)(H,89,105)(H,90,100)(H,108,109)(H4,73,74,78)(H4,75,76,79)/t45-,46-,47-,48-,49-,50-,51-,52-,53-,54-,55-,56-/m0/s1. The number of carboxylic acids is 1. The number of aliphatic imine (C=N–C) groups is 2. The van der Waals surface area contributed by atoms with Crippen molar-refractivity contribution in [3.8, 4) is 0 Å². The molecule has 4 saturated heterocycles. The normalized spacial score (nSPS) is 18.8.